The average molecular weight is 203 g/mol. The zero-order valence-corrected chi connectivity index (χ0v) is 7.71. The van der Waals surface area contributed by atoms with E-state index in [2.05, 4.69) is 4.98 Å². The summed E-state index contributed by atoms with van der Waals surface area (Å²) in [5.41, 5.74) is 6.08. The van der Waals surface area contributed by atoms with Crippen LogP contribution in [0.15, 0.2) is 16.9 Å². The van der Waals surface area contributed by atoms with Crippen molar-refractivity contribution in [3.63, 3.8) is 0 Å². The molecule has 0 saturated heterocycles. The Balaban J connectivity index is 2.94. The van der Waals surface area contributed by atoms with Crippen LogP contribution in [0.5, 0.6) is 0 Å². The molecule has 0 amide bonds. The summed E-state index contributed by atoms with van der Waals surface area (Å²) in [7, 11) is 0. The van der Waals surface area contributed by atoms with Crippen LogP contribution in [0.2, 0.25) is 5.15 Å². The molecule has 0 spiro atoms. The first kappa shape index (κ1) is 10.2. The Morgan fingerprint density at radius 2 is 2.31 bits per heavy atom. The van der Waals surface area contributed by atoms with Gasteiger partial charge in [0, 0.05) is 24.3 Å². The molecule has 1 atom stereocenters. The largest absolute Gasteiger partial charge is 0.396 e. The molecule has 5 heteroatoms. The fourth-order valence-electron chi connectivity index (χ4n) is 1.04. The summed E-state index contributed by atoms with van der Waals surface area (Å²) in [6.07, 6.45) is 0.422. The number of rotatable bonds is 3. The summed E-state index contributed by atoms with van der Waals surface area (Å²) in [4.78, 5) is 13.2. The molecule has 0 aromatic carbocycles. The van der Waals surface area contributed by atoms with Crippen LogP contribution < -0.4 is 11.3 Å². The Morgan fingerprint density at radius 1 is 1.62 bits per heavy atom. The van der Waals surface area contributed by atoms with E-state index < -0.39 is 0 Å². The maximum atomic E-state index is 10.8. The number of aliphatic hydroxyl groups excluding tert-OH is 1. The third kappa shape index (κ3) is 2.55. The van der Waals surface area contributed by atoms with Crippen LogP contribution in [-0.2, 0) is 0 Å². The van der Waals surface area contributed by atoms with E-state index in [1.807, 2.05) is 0 Å². The Bertz CT molecular complexity index is 337. The highest BCUT2D eigenvalue weighted by atomic mass is 35.5. The molecule has 0 bridgehead atoms. The maximum Gasteiger partial charge on any atom is 0.249 e. The highest BCUT2D eigenvalue weighted by molar-refractivity contribution is 6.30. The molecule has 1 heterocycles. The van der Waals surface area contributed by atoms with Crippen molar-refractivity contribution in [3.8, 4) is 0 Å². The van der Waals surface area contributed by atoms with Gasteiger partial charge in [-0.25, -0.2) is 0 Å². The Hall–Kier alpha value is -0.840. The van der Waals surface area contributed by atoms with E-state index in [-0.39, 0.29) is 23.4 Å². The third-order valence-electron chi connectivity index (χ3n) is 1.74. The van der Waals surface area contributed by atoms with Gasteiger partial charge in [0.2, 0.25) is 5.56 Å². The molecule has 0 radical (unpaired) electrons. The number of aromatic nitrogens is 1. The van der Waals surface area contributed by atoms with Crippen molar-refractivity contribution in [1.82, 2.24) is 4.98 Å². The maximum absolute atomic E-state index is 10.8. The van der Waals surface area contributed by atoms with Crippen molar-refractivity contribution in [2.24, 2.45) is 5.73 Å². The molecular formula is C8H11ClN2O2. The molecular weight excluding hydrogens is 192 g/mol. The summed E-state index contributed by atoms with van der Waals surface area (Å²) in [5.74, 6) is 0. The van der Waals surface area contributed by atoms with Gasteiger partial charge in [0.25, 0.3) is 0 Å². The summed E-state index contributed by atoms with van der Waals surface area (Å²) >= 11 is 5.74. The van der Waals surface area contributed by atoms with Gasteiger partial charge < -0.3 is 15.8 Å². The number of aliphatic hydroxyl groups is 1. The summed E-state index contributed by atoms with van der Waals surface area (Å²) in [6.45, 7) is -0.00335. The fourth-order valence-corrected chi connectivity index (χ4v) is 1.34. The van der Waals surface area contributed by atoms with E-state index in [1.165, 1.54) is 6.07 Å². The second kappa shape index (κ2) is 4.41. The second-order valence-electron chi connectivity index (χ2n) is 2.71. The number of pyridine rings is 1. The standard InChI is InChI=1S/C8H11ClN2O2/c9-8-5(6(10)3-4-12)1-2-7(13)11-8/h1-2,6,12H,3-4,10H2,(H,11,13)/t6-/m1/s1. The van der Waals surface area contributed by atoms with Crippen molar-refractivity contribution < 1.29 is 5.11 Å². The van der Waals surface area contributed by atoms with E-state index in [0.29, 0.717) is 12.0 Å². The first-order valence-electron chi connectivity index (χ1n) is 3.90. The Kier molecular flexibility index (Phi) is 3.48. The molecule has 4 N–H and O–H groups in total. The monoisotopic (exact) mass is 202 g/mol. The molecule has 0 aliphatic rings. The number of nitrogens with two attached hydrogens (primary N) is 1. The van der Waals surface area contributed by atoms with Gasteiger partial charge in [-0.2, -0.15) is 0 Å². The number of aromatic amines is 1. The molecule has 0 saturated carbocycles. The quantitative estimate of drug-likeness (QED) is 0.622. The van der Waals surface area contributed by atoms with Gasteiger partial charge in [-0.15, -0.1) is 0 Å². The van der Waals surface area contributed by atoms with Crippen LogP contribution in [0.4, 0.5) is 0 Å². The molecule has 0 aliphatic heterocycles. The van der Waals surface area contributed by atoms with Gasteiger partial charge in [0.15, 0.2) is 0 Å². The van der Waals surface area contributed by atoms with Crippen LogP contribution in [0.3, 0.4) is 0 Å². The van der Waals surface area contributed by atoms with Crippen molar-refractivity contribution in [2.75, 3.05) is 6.61 Å². The van der Waals surface area contributed by atoms with Crippen LogP contribution >= 0.6 is 11.6 Å². The highest BCUT2D eigenvalue weighted by Crippen LogP contribution is 2.19. The van der Waals surface area contributed by atoms with E-state index >= 15 is 0 Å². The lowest BCUT2D eigenvalue weighted by atomic mass is 10.1. The summed E-state index contributed by atoms with van der Waals surface area (Å²) < 4.78 is 0. The van der Waals surface area contributed by atoms with Gasteiger partial charge in [0.05, 0.1) is 0 Å². The molecule has 13 heavy (non-hydrogen) atoms. The lowest BCUT2D eigenvalue weighted by molar-refractivity contribution is 0.276. The molecule has 0 aliphatic carbocycles. The van der Waals surface area contributed by atoms with Crippen LogP contribution in [0.1, 0.15) is 18.0 Å². The molecule has 4 nitrogen and oxygen atoms in total. The van der Waals surface area contributed by atoms with Crippen molar-refractivity contribution >= 4 is 11.6 Å². The Labute approximate surface area is 80.3 Å². The topological polar surface area (TPSA) is 79.1 Å². The number of hydrogen-bond donors (Lipinski definition) is 3. The molecule has 72 valence electrons. The van der Waals surface area contributed by atoms with Crippen molar-refractivity contribution in [1.29, 1.82) is 0 Å². The van der Waals surface area contributed by atoms with E-state index in [0.717, 1.165) is 0 Å². The van der Waals surface area contributed by atoms with Gasteiger partial charge >= 0.3 is 0 Å². The predicted octanol–water partition coefficient (Wildman–Crippen LogP) is 0.411. The summed E-state index contributed by atoms with van der Waals surface area (Å²) in [6, 6.07) is 2.59. The number of hydrogen-bond acceptors (Lipinski definition) is 3. The third-order valence-corrected chi connectivity index (χ3v) is 2.05. The van der Waals surface area contributed by atoms with Crippen LogP contribution in [0, 0.1) is 0 Å². The van der Waals surface area contributed by atoms with Crippen molar-refractivity contribution in [2.45, 2.75) is 12.5 Å². The summed E-state index contributed by atoms with van der Waals surface area (Å²) in [5, 5.41) is 8.89. The molecule has 1 aromatic rings. The molecule has 1 rings (SSSR count). The van der Waals surface area contributed by atoms with E-state index in [4.69, 9.17) is 22.4 Å². The normalized spacial score (nSPS) is 12.8. The zero-order valence-electron chi connectivity index (χ0n) is 6.96. The Morgan fingerprint density at radius 3 is 2.85 bits per heavy atom. The lowest BCUT2D eigenvalue weighted by Crippen LogP contribution is -2.15. The first-order chi connectivity index (χ1) is 6.15. The fraction of sp³-hybridized carbons (Fsp3) is 0.375. The molecule has 0 unspecified atom stereocenters. The number of H-pyrrole nitrogens is 1. The smallest absolute Gasteiger partial charge is 0.249 e. The van der Waals surface area contributed by atoms with Gasteiger partial charge in [0.1, 0.15) is 5.15 Å². The minimum atomic E-state index is -0.339. The minimum absolute atomic E-state index is 0.00335. The average Bonchev–Trinajstić information content (AvgIpc) is 2.04. The van der Waals surface area contributed by atoms with Gasteiger partial charge in [-0.1, -0.05) is 11.6 Å². The van der Waals surface area contributed by atoms with Crippen molar-refractivity contribution in [3.05, 3.63) is 33.2 Å². The highest BCUT2D eigenvalue weighted by Gasteiger charge is 2.09. The van der Waals surface area contributed by atoms with Crippen LogP contribution in [-0.4, -0.2) is 16.7 Å². The predicted molar refractivity (Wildman–Crippen MR) is 50.7 cm³/mol. The molecule has 0 fully saturated rings. The number of halogens is 1. The lowest BCUT2D eigenvalue weighted by Gasteiger charge is -2.10. The van der Waals surface area contributed by atoms with Gasteiger partial charge in [-0.3, -0.25) is 4.79 Å². The molecule has 1 aromatic heterocycles. The second-order valence-corrected chi connectivity index (χ2v) is 3.09. The van der Waals surface area contributed by atoms with E-state index in [9.17, 15) is 4.79 Å². The zero-order chi connectivity index (χ0) is 9.84. The number of nitrogens with one attached hydrogen (secondary N) is 1. The minimum Gasteiger partial charge on any atom is -0.396 e. The van der Waals surface area contributed by atoms with Gasteiger partial charge in [-0.05, 0) is 12.5 Å². The SMILES string of the molecule is N[C@H](CCO)c1ccc(=O)[nH]c1Cl. The first-order valence-corrected chi connectivity index (χ1v) is 4.28. The van der Waals surface area contributed by atoms with Crippen LogP contribution in [0.25, 0.3) is 0 Å². The van der Waals surface area contributed by atoms with E-state index in [1.54, 1.807) is 6.07 Å².